The number of hydrogen-bond acceptors (Lipinski definition) is 5. The van der Waals surface area contributed by atoms with E-state index in [1.165, 1.54) is 9.21 Å². The molecule has 3 rings (SSSR count). The van der Waals surface area contributed by atoms with Gasteiger partial charge in [-0.2, -0.15) is 17.5 Å². The van der Waals surface area contributed by atoms with Crippen LogP contribution in [0.2, 0.25) is 0 Å². The van der Waals surface area contributed by atoms with Crippen molar-refractivity contribution in [1.29, 1.82) is 0 Å². The molecule has 0 bridgehead atoms. The van der Waals surface area contributed by atoms with E-state index in [4.69, 9.17) is 0 Å². The van der Waals surface area contributed by atoms with Gasteiger partial charge in [0.15, 0.2) is 0 Å². The van der Waals surface area contributed by atoms with Gasteiger partial charge >= 0.3 is 6.18 Å². The molecular weight excluding hydrogens is 433 g/mol. The van der Waals surface area contributed by atoms with Crippen LogP contribution in [0.1, 0.15) is 12.0 Å². The lowest BCUT2D eigenvalue weighted by molar-refractivity contribution is -0.145. The SMILES string of the molecule is Cc1ccc(S(=O)(=O)N2CCN(CC(=O)N3CCCN(CC(F)(F)F)CC3)CC2)cc1. The van der Waals surface area contributed by atoms with Crippen molar-refractivity contribution in [3.8, 4) is 0 Å². The summed E-state index contributed by atoms with van der Waals surface area (Å²) in [5.74, 6) is -0.122. The van der Waals surface area contributed by atoms with Gasteiger partial charge in [-0.25, -0.2) is 8.42 Å². The van der Waals surface area contributed by atoms with Crippen LogP contribution in [0.5, 0.6) is 0 Å². The van der Waals surface area contributed by atoms with Gasteiger partial charge in [-0.15, -0.1) is 0 Å². The van der Waals surface area contributed by atoms with E-state index in [1.54, 1.807) is 29.2 Å². The normalized spacial score (nSPS) is 20.6. The first-order chi connectivity index (χ1) is 14.5. The van der Waals surface area contributed by atoms with E-state index in [1.807, 2.05) is 11.8 Å². The highest BCUT2D eigenvalue weighted by molar-refractivity contribution is 7.89. The molecule has 0 aromatic heterocycles. The molecule has 0 spiro atoms. The minimum Gasteiger partial charge on any atom is -0.340 e. The quantitative estimate of drug-likeness (QED) is 0.662. The van der Waals surface area contributed by atoms with Crippen molar-refractivity contribution in [2.24, 2.45) is 0 Å². The van der Waals surface area contributed by atoms with Crippen LogP contribution < -0.4 is 0 Å². The molecule has 0 atom stereocenters. The summed E-state index contributed by atoms with van der Waals surface area (Å²) in [6, 6.07) is 6.72. The number of benzene rings is 1. The lowest BCUT2D eigenvalue weighted by atomic mass is 10.2. The molecule has 174 valence electrons. The molecule has 2 saturated heterocycles. The number of rotatable bonds is 5. The lowest BCUT2D eigenvalue weighted by Crippen LogP contribution is -2.51. The Kier molecular flexibility index (Phi) is 7.61. The topological polar surface area (TPSA) is 64.2 Å². The molecule has 0 unspecified atom stereocenters. The molecule has 2 aliphatic heterocycles. The fourth-order valence-electron chi connectivity index (χ4n) is 3.91. The molecule has 11 heteroatoms. The lowest BCUT2D eigenvalue weighted by Gasteiger charge is -2.34. The Hall–Kier alpha value is -1.69. The van der Waals surface area contributed by atoms with Crippen molar-refractivity contribution in [2.75, 3.05) is 65.4 Å². The fourth-order valence-corrected chi connectivity index (χ4v) is 5.33. The predicted octanol–water partition coefficient (Wildman–Crippen LogP) is 1.40. The van der Waals surface area contributed by atoms with Crippen LogP contribution in [-0.4, -0.2) is 105 Å². The van der Waals surface area contributed by atoms with Gasteiger partial charge in [-0.3, -0.25) is 14.6 Å². The summed E-state index contributed by atoms with van der Waals surface area (Å²) in [4.78, 5) is 17.8. The van der Waals surface area contributed by atoms with E-state index in [-0.39, 0.29) is 30.4 Å². The van der Waals surface area contributed by atoms with Crippen LogP contribution in [-0.2, 0) is 14.8 Å². The van der Waals surface area contributed by atoms with Gasteiger partial charge in [-0.1, -0.05) is 17.7 Å². The number of sulfonamides is 1. The molecular formula is C20H29F3N4O3S. The van der Waals surface area contributed by atoms with Crippen molar-refractivity contribution in [2.45, 2.75) is 24.4 Å². The maximum absolute atomic E-state index is 12.8. The third-order valence-corrected chi connectivity index (χ3v) is 7.61. The monoisotopic (exact) mass is 462 g/mol. The average molecular weight is 463 g/mol. The first-order valence-corrected chi connectivity index (χ1v) is 11.8. The van der Waals surface area contributed by atoms with Gasteiger partial charge in [0.25, 0.3) is 0 Å². The summed E-state index contributed by atoms with van der Waals surface area (Å²) < 4.78 is 64.8. The first-order valence-electron chi connectivity index (χ1n) is 10.4. The van der Waals surface area contributed by atoms with Gasteiger partial charge in [0.1, 0.15) is 0 Å². The molecule has 0 radical (unpaired) electrons. The zero-order valence-electron chi connectivity index (χ0n) is 17.6. The molecule has 0 aliphatic carbocycles. The molecule has 2 aliphatic rings. The second-order valence-electron chi connectivity index (χ2n) is 8.12. The van der Waals surface area contributed by atoms with E-state index < -0.39 is 22.7 Å². The average Bonchev–Trinajstić information content (AvgIpc) is 2.93. The molecule has 7 nitrogen and oxygen atoms in total. The van der Waals surface area contributed by atoms with Crippen molar-refractivity contribution in [3.63, 3.8) is 0 Å². The highest BCUT2D eigenvalue weighted by atomic mass is 32.2. The zero-order chi connectivity index (χ0) is 22.6. The van der Waals surface area contributed by atoms with E-state index in [0.717, 1.165) is 5.56 Å². The van der Waals surface area contributed by atoms with Gasteiger partial charge in [0.05, 0.1) is 18.0 Å². The molecule has 2 heterocycles. The predicted molar refractivity (Wildman–Crippen MR) is 110 cm³/mol. The highest BCUT2D eigenvalue weighted by Crippen LogP contribution is 2.19. The second kappa shape index (κ2) is 9.85. The molecule has 2 fully saturated rings. The number of hydrogen-bond donors (Lipinski definition) is 0. The number of aryl methyl sites for hydroxylation is 1. The van der Waals surface area contributed by atoms with Crippen molar-refractivity contribution < 1.29 is 26.4 Å². The van der Waals surface area contributed by atoms with E-state index in [2.05, 4.69) is 0 Å². The van der Waals surface area contributed by atoms with E-state index in [0.29, 0.717) is 45.7 Å². The van der Waals surface area contributed by atoms with Crippen molar-refractivity contribution in [1.82, 2.24) is 19.0 Å². The summed E-state index contributed by atoms with van der Waals surface area (Å²) in [7, 11) is -3.56. The van der Waals surface area contributed by atoms with Crippen molar-refractivity contribution >= 4 is 15.9 Å². The van der Waals surface area contributed by atoms with E-state index in [9.17, 15) is 26.4 Å². The summed E-state index contributed by atoms with van der Waals surface area (Å²) in [6.45, 7) is 3.79. The van der Waals surface area contributed by atoms with Crippen LogP contribution >= 0.6 is 0 Å². The summed E-state index contributed by atoms with van der Waals surface area (Å²) in [5, 5.41) is 0. The second-order valence-corrected chi connectivity index (χ2v) is 10.1. The summed E-state index contributed by atoms with van der Waals surface area (Å²) >= 11 is 0. The van der Waals surface area contributed by atoms with E-state index >= 15 is 0 Å². The highest BCUT2D eigenvalue weighted by Gasteiger charge is 2.33. The number of carbonyl (C=O) groups excluding carboxylic acids is 1. The Morgan fingerprint density at radius 3 is 2.13 bits per heavy atom. The molecule has 1 aromatic carbocycles. The van der Waals surface area contributed by atoms with Crippen molar-refractivity contribution in [3.05, 3.63) is 29.8 Å². The Morgan fingerprint density at radius 1 is 0.903 bits per heavy atom. The smallest absolute Gasteiger partial charge is 0.340 e. The number of nitrogens with zero attached hydrogens (tertiary/aromatic N) is 4. The van der Waals surface area contributed by atoms with Gasteiger partial charge in [0, 0.05) is 52.4 Å². The standard InChI is InChI=1S/C20H29F3N4O3S/c1-17-3-5-18(6-4-17)31(29,30)27-13-10-24(11-14-27)15-19(28)26-8-2-7-25(9-12-26)16-20(21,22)23/h3-6H,2,7-16H2,1H3. The molecule has 31 heavy (non-hydrogen) atoms. The van der Waals surface area contributed by atoms with Crippen LogP contribution in [0.15, 0.2) is 29.2 Å². The van der Waals surface area contributed by atoms with Gasteiger partial charge in [0.2, 0.25) is 15.9 Å². The van der Waals surface area contributed by atoms with Gasteiger partial charge < -0.3 is 4.90 Å². The Bertz CT molecular complexity index is 853. The zero-order valence-corrected chi connectivity index (χ0v) is 18.5. The van der Waals surface area contributed by atoms with Gasteiger partial charge in [-0.05, 0) is 25.5 Å². The molecule has 1 amide bonds. The molecule has 0 saturated carbocycles. The number of piperazine rings is 1. The van der Waals surface area contributed by atoms with Crippen LogP contribution in [0.25, 0.3) is 0 Å². The fraction of sp³-hybridized carbons (Fsp3) is 0.650. The maximum atomic E-state index is 12.8. The Balaban J connectivity index is 1.48. The summed E-state index contributed by atoms with van der Waals surface area (Å²) in [6.07, 6.45) is -3.73. The maximum Gasteiger partial charge on any atom is 0.401 e. The largest absolute Gasteiger partial charge is 0.401 e. The number of alkyl halides is 3. The minimum atomic E-state index is -4.24. The van der Waals surface area contributed by atoms with Crippen LogP contribution in [0.3, 0.4) is 0 Å². The summed E-state index contributed by atoms with van der Waals surface area (Å²) in [5.41, 5.74) is 0.984. The van der Waals surface area contributed by atoms with Crippen LogP contribution in [0.4, 0.5) is 13.2 Å². The number of carbonyl (C=O) groups is 1. The first kappa shape index (κ1) is 24.0. The third-order valence-electron chi connectivity index (χ3n) is 5.69. The van der Waals surface area contributed by atoms with Crippen LogP contribution in [0, 0.1) is 6.92 Å². The number of amides is 1. The Morgan fingerprint density at radius 2 is 1.52 bits per heavy atom. The third kappa shape index (κ3) is 6.64. The number of halogens is 3. The molecule has 1 aromatic rings. The Labute approximate surface area is 181 Å². The minimum absolute atomic E-state index is 0.122. The molecule has 0 N–H and O–H groups in total.